The summed E-state index contributed by atoms with van der Waals surface area (Å²) >= 11 is 0. The van der Waals surface area contributed by atoms with E-state index in [1.807, 2.05) is 0 Å². The van der Waals surface area contributed by atoms with Crippen LogP contribution in [0.25, 0.3) is 0 Å². The van der Waals surface area contributed by atoms with E-state index < -0.39 is 32.7 Å². The van der Waals surface area contributed by atoms with Gasteiger partial charge in [0.2, 0.25) is 10.0 Å². The van der Waals surface area contributed by atoms with Crippen molar-refractivity contribution in [2.75, 3.05) is 15.4 Å². The maximum atomic E-state index is 13.7. The van der Waals surface area contributed by atoms with Crippen molar-refractivity contribution in [1.29, 1.82) is 0 Å². The third-order valence-electron chi connectivity index (χ3n) is 6.21. The molecule has 3 aromatic carbocycles. The van der Waals surface area contributed by atoms with Crippen LogP contribution in [0.5, 0.6) is 0 Å². The fraction of sp³-hybridized carbons (Fsp3) is 0.320. The van der Waals surface area contributed by atoms with Gasteiger partial charge in [-0.2, -0.15) is 0 Å². The average Bonchev–Trinajstić information content (AvgIpc) is 2.84. The minimum Gasteiger partial charge on any atom is -0.377 e. The monoisotopic (exact) mass is 514 g/mol. The SMILES string of the molecule is Cc1ccc(NC(=O)NC2CCC(Nc3c(NS(=O)(=O)Cc4ccccc4)c(=O)c3=O)CC2)cc1F. The van der Waals surface area contributed by atoms with Crippen LogP contribution in [0.2, 0.25) is 0 Å². The van der Waals surface area contributed by atoms with Crippen molar-refractivity contribution >= 4 is 33.1 Å². The smallest absolute Gasteiger partial charge is 0.319 e. The van der Waals surface area contributed by atoms with Gasteiger partial charge >= 0.3 is 6.03 Å². The molecular weight excluding hydrogens is 487 g/mol. The zero-order chi connectivity index (χ0) is 25.9. The molecule has 4 N–H and O–H groups in total. The second kappa shape index (κ2) is 10.5. The first-order chi connectivity index (χ1) is 17.1. The van der Waals surface area contributed by atoms with Crippen LogP contribution < -0.4 is 31.5 Å². The molecule has 36 heavy (non-hydrogen) atoms. The molecule has 0 bridgehead atoms. The molecule has 1 fully saturated rings. The zero-order valence-corrected chi connectivity index (χ0v) is 20.5. The maximum absolute atomic E-state index is 13.7. The topological polar surface area (TPSA) is 133 Å². The number of hydrogen-bond acceptors (Lipinski definition) is 6. The molecule has 4 rings (SSSR count). The van der Waals surface area contributed by atoms with Gasteiger partial charge in [-0.15, -0.1) is 0 Å². The van der Waals surface area contributed by atoms with Gasteiger partial charge in [-0.25, -0.2) is 17.6 Å². The Morgan fingerprint density at radius 1 is 0.944 bits per heavy atom. The van der Waals surface area contributed by atoms with Gasteiger partial charge in [-0.1, -0.05) is 36.4 Å². The van der Waals surface area contributed by atoms with Crippen molar-refractivity contribution in [3.63, 3.8) is 0 Å². The number of benzene rings is 2. The van der Waals surface area contributed by atoms with Gasteiger partial charge in [0.05, 0.1) is 5.75 Å². The Bertz CT molecular complexity index is 1430. The van der Waals surface area contributed by atoms with Gasteiger partial charge < -0.3 is 16.0 Å². The van der Waals surface area contributed by atoms with Gasteiger partial charge in [0, 0.05) is 17.8 Å². The first kappa shape index (κ1) is 25.4. The van der Waals surface area contributed by atoms with Crippen LogP contribution in [0.15, 0.2) is 58.1 Å². The summed E-state index contributed by atoms with van der Waals surface area (Å²) < 4.78 is 40.9. The molecule has 1 saturated carbocycles. The predicted molar refractivity (Wildman–Crippen MR) is 137 cm³/mol. The first-order valence-corrected chi connectivity index (χ1v) is 13.2. The highest BCUT2D eigenvalue weighted by atomic mass is 32.2. The minimum absolute atomic E-state index is 0.0211. The Hall–Kier alpha value is -3.73. The normalized spacial score (nSPS) is 17.9. The highest BCUT2D eigenvalue weighted by molar-refractivity contribution is 7.91. The van der Waals surface area contributed by atoms with Crippen molar-refractivity contribution < 1.29 is 17.6 Å². The lowest BCUT2D eigenvalue weighted by molar-refractivity contribution is 0.243. The van der Waals surface area contributed by atoms with Gasteiger partial charge in [0.1, 0.15) is 17.2 Å². The molecule has 190 valence electrons. The van der Waals surface area contributed by atoms with Crippen LogP contribution in [0.3, 0.4) is 0 Å². The van der Waals surface area contributed by atoms with E-state index in [-0.39, 0.29) is 29.2 Å². The fourth-order valence-electron chi connectivity index (χ4n) is 4.22. The van der Waals surface area contributed by atoms with Gasteiger partial charge in [0.25, 0.3) is 10.9 Å². The number of rotatable bonds is 8. The molecule has 0 heterocycles. The van der Waals surface area contributed by atoms with Crippen LogP contribution in [-0.4, -0.2) is 26.5 Å². The van der Waals surface area contributed by atoms with E-state index in [0.717, 1.165) is 0 Å². The molecular formula is C25H27FN4O5S. The minimum atomic E-state index is -3.88. The van der Waals surface area contributed by atoms with Crippen molar-refractivity contribution in [3.05, 3.63) is 85.9 Å². The Morgan fingerprint density at radius 2 is 1.58 bits per heavy atom. The second-order valence-corrected chi connectivity index (χ2v) is 10.7. The zero-order valence-electron chi connectivity index (χ0n) is 19.6. The van der Waals surface area contributed by atoms with Crippen molar-refractivity contribution in [2.24, 2.45) is 0 Å². The Morgan fingerprint density at radius 3 is 2.25 bits per heavy atom. The number of sulfonamides is 1. The number of halogens is 1. The van der Waals surface area contributed by atoms with Crippen molar-refractivity contribution in [3.8, 4) is 0 Å². The third-order valence-corrected chi connectivity index (χ3v) is 7.44. The Kier molecular flexibility index (Phi) is 7.39. The molecule has 3 aromatic rings. The van der Waals surface area contributed by atoms with E-state index in [9.17, 15) is 27.2 Å². The number of urea groups is 1. The molecule has 2 amide bonds. The molecule has 0 aromatic heterocycles. The van der Waals surface area contributed by atoms with Gasteiger partial charge in [-0.05, 0) is 55.9 Å². The maximum Gasteiger partial charge on any atom is 0.319 e. The molecule has 11 heteroatoms. The lowest BCUT2D eigenvalue weighted by atomic mass is 9.91. The molecule has 1 aliphatic carbocycles. The summed E-state index contributed by atoms with van der Waals surface area (Å²) in [5.41, 5.74) is -0.478. The summed E-state index contributed by atoms with van der Waals surface area (Å²) in [4.78, 5) is 36.4. The average molecular weight is 515 g/mol. The lowest BCUT2D eigenvalue weighted by Gasteiger charge is -2.31. The van der Waals surface area contributed by atoms with Crippen LogP contribution >= 0.6 is 0 Å². The lowest BCUT2D eigenvalue weighted by Crippen LogP contribution is -2.44. The van der Waals surface area contributed by atoms with E-state index in [2.05, 4.69) is 20.7 Å². The van der Waals surface area contributed by atoms with E-state index in [4.69, 9.17) is 0 Å². The number of nitrogens with one attached hydrogen (secondary N) is 4. The number of aryl methyl sites for hydroxylation is 1. The van der Waals surface area contributed by atoms with E-state index in [1.54, 1.807) is 49.4 Å². The van der Waals surface area contributed by atoms with Crippen LogP contribution in [0.1, 0.15) is 36.8 Å². The second-order valence-electron chi connectivity index (χ2n) is 9.01. The number of carbonyl (C=O) groups is 1. The Labute approximate surface area is 207 Å². The third kappa shape index (κ3) is 6.09. The van der Waals surface area contributed by atoms with Crippen molar-refractivity contribution in [2.45, 2.75) is 50.4 Å². The molecule has 1 aliphatic rings. The molecule has 0 unspecified atom stereocenters. The van der Waals surface area contributed by atoms with Crippen LogP contribution in [0.4, 0.5) is 26.2 Å². The fourth-order valence-corrected chi connectivity index (χ4v) is 5.43. The van der Waals surface area contributed by atoms with Crippen LogP contribution in [-0.2, 0) is 15.8 Å². The van der Waals surface area contributed by atoms with E-state index in [0.29, 0.717) is 42.5 Å². The molecule has 9 nitrogen and oxygen atoms in total. The predicted octanol–water partition coefficient (Wildman–Crippen LogP) is 3.22. The van der Waals surface area contributed by atoms with E-state index in [1.165, 1.54) is 6.07 Å². The quantitative estimate of drug-likeness (QED) is 0.341. The van der Waals surface area contributed by atoms with Gasteiger partial charge in [-0.3, -0.25) is 14.3 Å². The molecule has 0 radical (unpaired) electrons. The standard InChI is InChI=1S/C25H27FN4O5S/c1-15-7-8-19(13-20(15)26)29-25(33)28-18-11-9-17(10-12-18)27-21-22(24(32)23(21)31)30-36(34,35)14-16-5-3-2-4-6-16/h2-8,13,17-18,27,30H,9-12,14H2,1H3,(H2,28,29,33). The number of carbonyl (C=O) groups excluding carboxylic acids is 1. The number of amides is 2. The highest BCUT2D eigenvalue weighted by Gasteiger charge is 2.29. The van der Waals surface area contributed by atoms with Crippen LogP contribution in [0, 0.1) is 12.7 Å². The molecule has 0 saturated heterocycles. The molecule has 0 aliphatic heterocycles. The number of anilines is 3. The summed E-state index contributed by atoms with van der Waals surface area (Å²) in [6.45, 7) is 1.64. The van der Waals surface area contributed by atoms with Crippen molar-refractivity contribution in [1.82, 2.24) is 5.32 Å². The largest absolute Gasteiger partial charge is 0.377 e. The number of hydrogen-bond donors (Lipinski definition) is 4. The molecule has 0 atom stereocenters. The van der Waals surface area contributed by atoms with Gasteiger partial charge in [0.15, 0.2) is 0 Å². The Balaban J connectivity index is 1.29. The first-order valence-electron chi connectivity index (χ1n) is 11.6. The highest BCUT2D eigenvalue weighted by Crippen LogP contribution is 2.25. The molecule has 0 spiro atoms. The summed E-state index contributed by atoms with van der Waals surface area (Å²) in [5, 5.41) is 8.48. The summed E-state index contributed by atoms with van der Waals surface area (Å²) in [6.07, 6.45) is 2.41. The van der Waals surface area contributed by atoms with E-state index >= 15 is 0 Å². The summed E-state index contributed by atoms with van der Waals surface area (Å²) in [6, 6.07) is 12.3. The summed E-state index contributed by atoms with van der Waals surface area (Å²) in [7, 11) is -3.88. The summed E-state index contributed by atoms with van der Waals surface area (Å²) in [5.74, 6) is -0.723.